The second-order valence-electron chi connectivity index (χ2n) is 10.7. The Morgan fingerprint density at radius 3 is 2.61 bits per heavy atom. The van der Waals surface area contributed by atoms with Gasteiger partial charge in [0.25, 0.3) is 5.91 Å². The van der Waals surface area contributed by atoms with Gasteiger partial charge in [0.1, 0.15) is 0 Å². The zero-order valence-corrected chi connectivity index (χ0v) is 24.4. The van der Waals surface area contributed by atoms with Crippen LogP contribution in [0.25, 0.3) is 11.0 Å². The summed E-state index contributed by atoms with van der Waals surface area (Å²) in [6.07, 6.45) is 2.42. The number of hydrogen-bond donors (Lipinski definition) is 0. The fourth-order valence-corrected chi connectivity index (χ4v) is 5.96. The number of aryl methyl sites for hydroxylation is 1. The van der Waals surface area contributed by atoms with E-state index in [1.165, 1.54) is 0 Å². The molecule has 0 spiro atoms. The number of halogens is 1. The van der Waals surface area contributed by atoms with Gasteiger partial charge in [0.15, 0.2) is 0 Å². The second-order valence-corrected chi connectivity index (χ2v) is 11.2. The molecule has 3 aromatic carbocycles. The van der Waals surface area contributed by atoms with Crippen molar-refractivity contribution in [3.05, 3.63) is 95.0 Å². The van der Waals surface area contributed by atoms with Gasteiger partial charge < -0.3 is 19.3 Å². The Kier molecular flexibility index (Phi) is 9.55. The molecule has 0 aliphatic carbocycles. The Bertz CT molecular complexity index is 1500. The molecule has 41 heavy (non-hydrogen) atoms. The van der Waals surface area contributed by atoms with E-state index in [1.54, 1.807) is 0 Å². The third-order valence-corrected chi connectivity index (χ3v) is 8.16. The Morgan fingerprint density at radius 2 is 1.80 bits per heavy atom. The molecule has 7 nitrogen and oxygen atoms in total. The number of benzene rings is 3. The van der Waals surface area contributed by atoms with Crippen molar-refractivity contribution in [3.8, 4) is 6.07 Å². The number of nitriles is 1. The lowest BCUT2D eigenvalue weighted by atomic mass is 9.94. The summed E-state index contributed by atoms with van der Waals surface area (Å²) in [5.41, 5.74) is 3.92. The van der Waals surface area contributed by atoms with Crippen LogP contribution in [0.3, 0.4) is 0 Å². The van der Waals surface area contributed by atoms with Crippen molar-refractivity contribution >= 4 is 34.5 Å². The minimum atomic E-state index is 0.0299. The molecule has 0 saturated carbocycles. The summed E-state index contributed by atoms with van der Waals surface area (Å²) in [6.45, 7) is 5.95. The quantitative estimate of drug-likeness (QED) is 0.232. The molecule has 4 aromatic rings. The summed E-state index contributed by atoms with van der Waals surface area (Å²) >= 11 is 6.38. The van der Waals surface area contributed by atoms with Crippen LogP contribution in [0.2, 0.25) is 5.02 Å². The Balaban J connectivity index is 1.26. The summed E-state index contributed by atoms with van der Waals surface area (Å²) in [7, 11) is 1.88. The molecule has 1 amide bonds. The van der Waals surface area contributed by atoms with E-state index in [0.717, 1.165) is 68.1 Å². The van der Waals surface area contributed by atoms with Crippen LogP contribution in [-0.2, 0) is 6.54 Å². The average Bonchev–Trinajstić information content (AvgIpc) is 3.20. The van der Waals surface area contributed by atoms with Gasteiger partial charge in [-0.1, -0.05) is 54.1 Å². The van der Waals surface area contributed by atoms with Gasteiger partial charge in [-0.3, -0.25) is 4.79 Å². The number of nitrogens with zero attached hydrogens (tertiary/aromatic N) is 6. The first-order chi connectivity index (χ1) is 20.0. The highest BCUT2D eigenvalue weighted by Gasteiger charge is 2.23. The lowest BCUT2D eigenvalue weighted by Crippen LogP contribution is -2.35. The number of anilines is 1. The number of carbonyl (C=O) groups is 1. The van der Waals surface area contributed by atoms with Crippen molar-refractivity contribution in [1.82, 2.24) is 19.4 Å². The molecule has 1 fully saturated rings. The molecule has 1 unspecified atom stereocenters. The SMILES string of the molecule is CN(CC(CCN1CCCN(c2nc3ccccc3n2CCC#N)CC1)c1cccc(Cl)c1)C(=O)c1ccccc1. The van der Waals surface area contributed by atoms with Gasteiger partial charge in [0, 0.05) is 56.3 Å². The standard InChI is InChI=1S/C33H37ClN6O/c1-37(32(41)26-10-3-2-4-11-26)25-28(27-12-7-13-29(34)24-27)16-21-38-18-9-19-39(23-22-38)33-36-30-14-5-6-15-31(30)40(33)20-8-17-35/h2-7,10-15,24,28H,8-9,16,18-23,25H2,1H3. The lowest BCUT2D eigenvalue weighted by Gasteiger charge is -2.28. The first kappa shape index (κ1) is 28.7. The molecule has 0 bridgehead atoms. The van der Waals surface area contributed by atoms with Crippen molar-refractivity contribution in [2.45, 2.75) is 31.7 Å². The van der Waals surface area contributed by atoms with Gasteiger partial charge in [-0.05, 0) is 67.9 Å². The van der Waals surface area contributed by atoms with Gasteiger partial charge >= 0.3 is 0 Å². The van der Waals surface area contributed by atoms with Crippen molar-refractivity contribution in [3.63, 3.8) is 0 Å². The number of imidazole rings is 1. The molecule has 5 rings (SSSR count). The maximum absolute atomic E-state index is 13.1. The number of para-hydroxylation sites is 2. The summed E-state index contributed by atoms with van der Waals surface area (Å²) in [6, 6.07) is 28.0. The highest BCUT2D eigenvalue weighted by atomic mass is 35.5. The molecule has 212 valence electrons. The number of rotatable bonds is 10. The molecule has 1 aliphatic rings. The van der Waals surface area contributed by atoms with E-state index in [-0.39, 0.29) is 11.8 Å². The maximum Gasteiger partial charge on any atom is 0.253 e. The summed E-state index contributed by atoms with van der Waals surface area (Å²) in [5.74, 6) is 1.16. The molecule has 8 heteroatoms. The van der Waals surface area contributed by atoms with Crippen molar-refractivity contribution < 1.29 is 4.79 Å². The van der Waals surface area contributed by atoms with Crippen LogP contribution in [0.4, 0.5) is 5.95 Å². The van der Waals surface area contributed by atoms with Crippen LogP contribution in [0, 0.1) is 11.3 Å². The number of likely N-dealkylation sites (N-methyl/N-ethyl adjacent to an activating group) is 1. The smallest absolute Gasteiger partial charge is 0.253 e. The van der Waals surface area contributed by atoms with Crippen molar-refractivity contribution in [1.29, 1.82) is 5.26 Å². The molecule has 0 radical (unpaired) electrons. The normalized spacial score (nSPS) is 14.9. The van der Waals surface area contributed by atoms with Crippen molar-refractivity contribution in [2.24, 2.45) is 0 Å². The highest BCUT2D eigenvalue weighted by Crippen LogP contribution is 2.27. The average molecular weight is 569 g/mol. The molecule has 1 aliphatic heterocycles. The van der Waals surface area contributed by atoms with E-state index in [0.29, 0.717) is 30.1 Å². The van der Waals surface area contributed by atoms with Crippen LogP contribution in [-0.4, -0.2) is 71.6 Å². The van der Waals surface area contributed by atoms with Gasteiger partial charge in [0.2, 0.25) is 5.95 Å². The zero-order valence-electron chi connectivity index (χ0n) is 23.6. The van der Waals surface area contributed by atoms with Crippen molar-refractivity contribution in [2.75, 3.05) is 51.2 Å². The monoisotopic (exact) mass is 568 g/mol. The molecular weight excluding hydrogens is 532 g/mol. The highest BCUT2D eigenvalue weighted by molar-refractivity contribution is 6.30. The second kappa shape index (κ2) is 13.7. The number of hydrogen-bond acceptors (Lipinski definition) is 5. The fraction of sp³-hybridized carbons (Fsp3) is 0.364. The van der Waals surface area contributed by atoms with E-state index in [1.807, 2.05) is 78.7 Å². The summed E-state index contributed by atoms with van der Waals surface area (Å²) in [4.78, 5) is 24.8. The van der Waals surface area contributed by atoms with Crippen LogP contribution in [0.15, 0.2) is 78.9 Å². The topological polar surface area (TPSA) is 68.4 Å². The number of aromatic nitrogens is 2. The molecule has 2 heterocycles. The van der Waals surface area contributed by atoms with E-state index < -0.39 is 0 Å². The maximum atomic E-state index is 13.1. The van der Waals surface area contributed by atoms with Crippen LogP contribution >= 0.6 is 11.6 Å². The third kappa shape index (κ3) is 7.08. The van der Waals surface area contributed by atoms with Crippen LogP contribution in [0.1, 0.15) is 41.1 Å². The lowest BCUT2D eigenvalue weighted by molar-refractivity contribution is 0.0783. The van der Waals surface area contributed by atoms with Gasteiger partial charge in [-0.2, -0.15) is 5.26 Å². The van der Waals surface area contributed by atoms with Gasteiger partial charge in [-0.25, -0.2) is 4.98 Å². The summed E-state index contributed by atoms with van der Waals surface area (Å²) < 4.78 is 2.20. The Hall–Kier alpha value is -3.86. The van der Waals surface area contributed by atoms with Gasteiger partial charge in [-0.15, -0.1) is 0 Å². The molecule has 1 aromatic heterocycles. The number of amides is 1. The van der Waals surface area contributed by atoms with E-state index in [9.17, 15) is 10.1 Å². The first-order valence-corrected chi connectivity index (χ1v) is 14.8. The van der Waals surface area contributed by atoms with E-state index >= 15 is 0 Å². The van der Waals surface area contributed by atoms with Crippen LogP contribution in [0.5, 0.6) is 0 Å². The minimum absolute atomic E-state index is 0.0299. The third-order valence-electron chi connectivity index (χ3n) is 7.93. The predicted molar refractivity (Wildman–Crippen MR) is 165 cm³/mol. The fourth-order valence-electron chi connectivity index (χ4n) is 5.76. The minimum Gasteiger partial charge on any atom is -0.341 e. The summed E-state index contributed by atoms with van der Waals surface area (Å²) in [5, 5.41) is 9.95. The molecule has 1 saturated heterocycles. The van der Waals surface area contributed by atoms with Crippen LogP contribution < -0.4 is 4.90 Å². The largest absolute Gasteiger partial charge is 0.341 e. The Morgan fingerprint density at radius 1 is 1.00 bits per heavy atom. The van der Waals surface area contributed by atoms with E-state index in [2.05, 4.69) is 32.6 Å². The first-order valence-electron chi connectivity index (χ1n) is 14.4. The van der Waals surface area contributed by atoms with Gasteiger partial charge in [0.05, 0.1) is 23.5 Å². The predicted octanol–water partition coefficient (Wildman–Crippen LogP) is 6.06. The molecule has 1 atom stereocenters. The van der Waals surface area contributed by atoms with E-state index in [4.69, 9.17) is 16.6 Å². The Labute approximate surface area is 247 Å². The number of carbonyl (C=O) groups excluding carboxylic acids is 1. The zero-order chi connectivity index (χ0) is 28.6. The molecular formula is C33H37ClN6O. The molecule has 0 N–H and O–H groups in total. The number of fused-ring (bicyclic) bond motifs is 1.